The third-order valence-corrected chi connectivity index (χ3v) is 5.42. The predicted octanol–water partition coefficient (Wildman–Crippen LogP) is 3.78. The number of aromatic nitrogens is 4. The van der Waals surface area contributed by atoms with Gasteiger partial charge in [-0.15, -0.1) is 11.3 Å². The van der Waals surface area contributed by atoms with Crippen LogP contribution in [0.1, 0.15) is 22.6 Å². The van der Waals surface area contributed by atoms with Gasteiger partial charge in [-0.3, -0.25) is 9.89 Å². The first-order chi connectivity index (χ1) is 11.5. The Balaban J connectivity index is 1.96. The van der Waals surface area contributed by atoms with E-state index in [1.165, 1.54) is 15.9 Å². The van der Waals surface area contributed by atoms with Gasteiger partial charge in [0.25, 0.3) is 5.56 Å². The summed E-state index contributed by atoms with van der Waals surface area (Å²) in [6.07, 6.45) is 0. The molecule has 0 aliphatic heterocycles. The summed E-state index contributed by atoms with van der Waals surface area (Å²) in [5.74, 6) is 0. The van der Waals surface area contributed by atoms with Crippen LogP contribution < -0.4 is 5.56 Å². The number of H-pyrrole nitrogens is 1. The molecule has 0 bridgehead atoms. The quantitative estimate of drug-likeness (QED) is 0.605. The van der Waals surface area contributed by atoms with E-state index < -0.39 is 0 Å². The fourth-order valence-electron chi connectivity index (χ4n) is 3.06. The molecule has 0 aliphatic rings. The summed E-state index contributed by atoms with van der Waals surface area (Å²) < 4.78 is 3.75. The lowest BCUT2D eigenvalue weighted by atomic mass is 10.2. The number of aromatic amines is 1. The van der Waals surface area contributed by atoms with Gasteiger partial charge in [-0.05, 0) is 51.3 Å². The van der Waals surface area contributed by atoms with E-state index in [9.17, 15) is 4.79 Å². The van der Waals surface area contributed by atoms with Crippen molar-refractivity contribution in [2.75, 3.05) is 0 Å². The monoisotopic (exact) mass is 338 g/mol. The van der Waals surface area contributed by atoms with Gasteiger partial charge in [-0.1, -0.05) is 0 Å². The molecular weight excluding hydrogens is 320 g/mol. The Morgan fingerprint density at radius 2 is 1.79 bits per heavy atom. The Morgan fingerprint density at radius 1 is 1.08 bits per heavy atom. The molecule has 0 spiro atoms. The van der Waals surface area contributed by atoms with Gasteiger partial charge < -0.3 is 4.57 Å². The molecular formula is C18H18N4OS. The highest BCUT2D eigenvalue weighted by atomic mass is 32.1. The fraction of sp³-hybridized carbons (Fsp3) is 0.222. The first-order valence-electron chi connectivity index (χ1n) is 7.79. The molecule has 0 fully saturated rings. The van der Waals surface area contributed by atoms with Crippen LogP contribution in [0.2, 0.25) is 0 Å². The normalized spacial score (nSPS) is 11.5. The number of hydrogen-bond acceptors (Lipinski definition) is 3. The zero-order valence-electron chi connectivity index (χ0n) is 14.0. The van der Waals surface area contributed by atoms with Crippen molar-refractivity contribution in [3.8, 4) is 16.3 Å². The van der Waals surface area contributed by atoms with Crippen LogP contribution in [0.15, 0.2) is 34.4 Å². The van der Waals surface area contributed by atoms with Gasteiger partial charge in [0.1, 0.15) is 0 Å². The molecule has 24 heavy (non-hydrogen) atoms. The van der Waals surface area contributed by atoms with Gasteiger partial charge in [-0.2, -0.15) is 0 Å². The summed E-state index contributed by atoms with van der Waals surface area (Å²) in [6.45, 7) is 7.87. The zero-order valence-corrected chi connectivity index (χ0v) is 14.9. The Hall–Kier alpha value is -2.60. The number of fused-ring (bicyclic) bond motifs is 1. The molecule has 4 aromatic heterocycles. The maximum Gasteiger partial charge on any atom is 0.275 e. The standard InChI is InChI=1S/C18H18N4OS/c1-10-5-6-11(2)21(10)15-7-8-24-17(15)14-9-16-19-13(4)12(3)18(23)22(16)20-14/h5-9,20H,1-4H3. The van der Waals surface area contributed by atoms with Crippen molar-refractivity contribution in [3.05, 3.63) is 62.6 Å². The van der Waals surface area contributed by atoms with Crippen LogP contribution in [0.4, 0.5) is 0 Å². The van der Waals surface area contributed by atoms with E-state index in [-0.39, 0.29) is 5.56 Å². The third-order valence-electron chi connectivity index (χ3n) is 4.48. The molecule has 0 saturated carbocycles. The molecule has 4 aromatic rings. The maximum absolute atomic E-state index is 12.4. The van der Waals surface area contributed by atoms with E-state index in [1.54, 1.807) is 18.3 Å². The highest BCUT2D eigenvalue weighted by Gasteiger charge is 2.16. The van der Waals surface area contributed by atoms with Crippen molar-refractivity contribution >= 4 is 17.0 Å². The van der Waals surface area contributed by atoms with Gasteiger partial charge in [0.2, 0.25) is 0 Å². The molecule has 0 unspecified atom stereocenters. The van der Waals surface area contributed by atoms with E-state index in [4.69, 9.17) is 0 Å². The molecule has 0 aromatic carbocycles. The third kappa shape index (κ3) is 2.06. The summed E-state index contributed by atoms with van der Waals surface area (Å²) in [4.78, 5) is 18.1. The summed E-state index contributed by atoms with van der Waals surface area (Å²) in [7, 11) is 0. The highest BCUT2D eigenvalue weighted by molar-refractivity contribution is 7.14. The van der Waals surface area contributed by atoms with E-state index >= 15 is 0 Å². The van der Waals surface area contributed by atoms with Crippen LogP contribution in [0, 0.1) is 27.7 Å². The van der Waals surface area contributed by atoms with Crippen molar-refractivity contribution in [2.45, 2.75) is 27.7 Å². The van der Waals surface area contributed by atoms with Gasteiger partial charge >= 0.3 is 0 Å². The molecule has 0 amide bonds. The van der Waals surface area contributed by atoms with Crippen LogP contribution in [0.3, 0.4) is 0 Å². The first-order valence-corrected chi connectivity index (χ1v) is 8.67. The predicted molar refractivity (Wildman–Crippen MR) is 97.4 cm³/mol. The minimum Gasteiger partial charge on any atom is -0.317 e. The lowest BCUT2D eigenvalue weighted by Crippen LogP contribution is -2.19. The van der Waals surface area contributed by atoms with Crippen LogP contribution in [0.5, 0.6) is 0 Å². The average molecular weight is 338 g/mol. The Morgan fingerprint density at radius 3 is 2.50 bits per heavy atom. The topological polar surface area (TPSA) is 55.1 Å². The molecule has 122 valence electrons. The second-order valence-electron chi connectivity index (χ2n) is 6.08. The number of rotatable bonds is 2. The van der Waals surface area contributed by atoms with Crippen LogP contribution in [0.25, 0.3) is 21.9 Å². The summed E-state index contributed by atoms with van der Waals surface area (Å²) in [5, 5.41) is 5.29. The van der Waals surface area contributed by atoms with Crippen molar-refractivity contribution in [1.82, 2.24) is 19.2 Å². The molecule has 1 N–H and O–H groups in total. The summed E-state index contributed by atoms with van der Waals surface area (Å²) >= 11 is 1.65. The molecule has 6 heteroatoms. The molecule has 0 aliphatic carbocycles. The lowest BCUT2D eigenvalue weighted by Gasteiger charge is -2.09. The molecule has 4 heterocycles. The molecule has 5 nitrogen and oxygen atoms in total. The van der Waals surface area contributed by atoms with Crippen molar-refractivity contribution in [1.29, 1.82) is 0 Å². The first kappa shape index (κ1) is 15.0. The van der Waals surface area contributed by atoms with E-state index in [2.05, 4.69) is 52.1 Å². The number of thiophene rings is 1. The molecule has 4 rings (SSSR count). The molecule has 0 saturated heterocycles. The van der Waals surface area contributed by atoms with E-state index in [0.29, 0.717) is 11.2 Å². The average Bonchev–Trinajstić information content (AvgIpc) is 3.24. The molecule has 0 atom stereocenters. The zero-order chi connectivity index (χ0) is 17.0. The Kier molecular flexibility index (Phi) is 3.25. The largest absolute Gasteiger partial charge is 0.317 e. The van der Waals surface area contributed by atoms with Gasteiger partial charge in [0.05, 0.1) is 16.3 Å². The van der Waals surface area contributed by atoms with E-state index in [0.717, 1.165) is 22.0 Å². The van der Waals surface area contributed by atoms with Gasteiger partial charge in [0, 0.05) is 28.7 Å². The number of aryl methyl sites for hydroxylation is 3. The number of hydrogen-bond donors (Lipinski definition) is 1. The Bertz CT molecular complexity index is 1110. The van der Waals surface area contributed by atoms with Crippen LogP contribution in [-0.2, 0) is 0 Å². The van der Waals surface area contributed by atoms with Gasteiger partial charge in [-0.25, -0.2) is 9.50 Å². The Labute approximate surface area is 143 Å². The second kappa shape index (κ2) is 5.21. The molecule has 0 radical (unpaired) electrons. The summed E-state index contributed by atoms with van der Waals surface area (Å²) in [5.41, 5.74) is 6.44. The SMILES string of the molecule is Cc1nc2cc(-c3sccc3-n3c(C)ccc3C)[nH]n2c(=O)c1C. The number of nitrogens with one attached hydrogen (secondary N) is 1. The lowest BCUT2D eigenvalue weighted by molar-refractivity contribution is 0.876. The minimum absolute atomic E-state index is 0.0461. The number of nitrogens with zero attached hydrogens (tertiary/aromatic N) is 3. The second-order valence-corrected chi connectivity index (χ2v) is 6.99. The fourth-order valence-corrected chi connectivity index (χ4v) is 3.91. The van der Waals surface area contributed by atoms with E-state index in [1.807, 2.05) is 13.0 Å². The van der Waals surface area contributed by atoms with Crippen molar-refractivity contribution in [3.63, 3.8) is 0 Å². The smallest absolute Gasteiger partial charge is 0.275 e. The van der Waals surface area contributed by atoms with Crippen LogP contribution >= 0.6 is 11.3 Å². The van der Waals surface area contributed by atoms with Crippen molar-refractivity contribution < 1.29 is 0 Å². The van der Waals surface area contributed by atoms with Crippen molar-refractivity contribution in [2.24, 2.45) is 0 Å². The van der Waals surface area contributed by atoms with Crippen LogP contribution in [-0.4, -0.2) is 19.2 Å². The minimum atomic E-state index is -0.0461. The van der Waals surface area contributed by atoms with Gasteiger partial charge in [0.15, 0.2) is 5.65 Å². The maximum atomic E-state index is 12.4. The highest BCUT2D eigenvalue weighted by Crippen LogP contribution is 2.33. The summed E-state index contributed by atoms with van der Waals surface area (Å²) in [6, 6.07) is 8.27.